The molecule has 2 aromatic heterocycles. The quantitative estimate of drug-likeness (QED) is 0.769. The minimum absolute atomic E-state index is 0.0119. The highest BCUT2D eigenvalue weighted by molar-refractivity contribution is 5.73. The number of nitrogen functional groups attached to an aromatic ring is 1. The summed E-state index contributed by atoms with van der Waals surface area (Å²) in [6.45, 7) is 0. The zero-order chi connectivity index (χ0) is 14.1. The van der Waals surface area contributed by atoms with Crippen LogP contribution in [0.3, 0.4) is 0 Å². The van der Waals surface area contributed by atoms with Crippen LogP contribution in [0.2, 0.25) is 0 Å². The second-order valence-corrected chi connectivity index (χ2v) is 4.81. The topological polar surface area (TPSA) is 106 Å². The normalized spacial score (nSPS) is 18.8. The van der Waals surface area contributed by atoms with E-state index in [2.05, 4.69) is 21.5 Å². The summed E-state index contributed by atoms with van der Waals surface area (Å²) in [6, 6.07) is 3.85. The summed E-state index contributed by atoms with van der Waals surface area (Å²) in [5, 5.41) is 15.5. The van der Waals surface area contributed by atoms with Crippen molar-refractivity contribution in [2.75, 3.05) is 5.73 Å². The van der Waals surface area contributed by atoms with E-state index < -0.39 is 6.09 Å². The van der Waals surface area contributed by atoms with Gasteiger partial charge in [-0.2, -0.15) is 5.10 Å². The van der Waals surface area contributed by atoms with Gasteiger partial charge in [-0.05, 0) is 37.0 Å². The maximum absolute atomic E-state index is 10.6. The number of nitrogens with one attached hydrogen (secondary N) is 1. The van der Waals surface area contributed by atoms with Gasteiger partial charge in [0, 0.05) is 6.04 Å². The van der Waals surface area contributed by atoms with Crippen molar-refractivity contribution in [3.8, 4) is 0 Å². The number of allylic oxidation sites excluding steroid dienone is 1. The van der Waals surface area contributed by atoms with Gasteiger partial charge in [-0.25, -0.2) is 14.3 Å². The fourth-order valence-corrected chi connectivity index (χ4v) is 2.57. The molecule has 0 aliphatic heterocycles. The Labute approximate surface area is 115 Å². The molecule has 0 spiro atoms. The van der Waals surface area contributed by atoms with Crippen molar-refractivity contribution in [2.45, 2.75) is 25.3 Å². The molecule has 0 bridgehead atoms. The highest BCUT2D eigenvalue weighted by Crippen LogP contribution is 2.28. The average Bonchev–Trinajstić information content (AvgIpc) is 2.84. The second-order valence-electron chi connectivity index (χ2n) is 4.81. The van der Waals surface area contributed by atoms with E-state index in [1.165, 1.54) is 6.33 Å². The monoisotopic (exact) mass is 273 g/mol. The van der Waals surface area contributed by atoms with E-state index in [9.17, 15) is 4.79 Å². The van der Waals surface area contributed by atoms with Gasteiger partial charge in [0.15, 0.2) is 5.82 Å². The number of hydrogen-bond acceptors (Lipinski definition) is 4. The molecule has 20 heavy (non-hydrogen) atoms. The number of carbonyl (C=O) groups is 1. The molecule has 1 atom stereocenters. The Balaban J connectivity index is 1.88. The first-order valence-electron chi connectivity index (χ1n) is 6.42. The molecule has 0 saturated heterocycles. The molecular formula is C13H15N5O2. The third-order valence-electron chi connectivity index (χ3n) is 3.55. The lowest BCUT2D eigenvalue weighted by molar-refractivity contribution is 0.189. The molecular weight excluding hydrogens is 258 g/mol. The summed E-state index contributed by atoms with van der Waals surface area (Å²) in [6.07, 6.45) is 4.80. The van der Waals surface area contributed by atoms with Crippen molar-refractivity contribution in [1.82, 2.24) is 19.9 Å². The lowest BCUT2D eigenvalue weighted by Gasteiger charge is -2.21. The van der Waals surface area contributed by atoms with Gasteiger partial charge in [-0.1, -0.05) is 6.08 Å². The summed E-state index contributed by atoms with van der Waals surface area (Å²) in [7, 11) is 0. The minimum atomic E-state index is -0.972. The number of fused-ring (bicyclic) bond motifs is 1. The Kier molecular flexibility index (Phi) is 3.02. The van der Waals surface area contributed by atoms with Crippen LogP contribution in [0, 0.1) is 0 Å². The number of anilines is 1. The van der Waals surface area contributed by atoms with Gasteiger partial charge in [0.25, 0.3) is 0 Å². The molecule has 7 heteroatoms. The van der Waals surface area contributed by atoms with Crippen LogP contribution >= 0.6 is 0 Å². The molecule has 104 valence electrons. The number of amides is 1. The highest BCUT2D eigenvalue weighted by Gasteiger charge is 2.19. The third-order valence-corrected chi connectivity index (χ3v) is 3.55. The maximum Gasteiger partial charge on any atom is 0.404 e. The van der Waals surface area contributed by atoms with E-state index in [0.29, 0.717) is 12.2 Å². The van der Waals surface area contributed by atoms with Gasteiger partial charge in [0.05, 0.1) is 5.69 Å². The molecule has 7 nitrogen and oxygen atoms in total. The van der Waals surface area contributed by atoms with E-state index in [1.54, 1.807) is 4.52 Å². The van der Waals surface area contributed by atoms with Crippen molar-refractivity contribution >= 4 is 23.0 Å². The average molecular weight is 273 g/mol. The predicted molar refractivity (Wildman–Crippen MR) is 74.2 cm³/mol. The summed E-state index contributed by atoms with van der Waals surface area (Å²) in [5.41, 5.74) is 8.74. The van der Waals surface area contributed by atoms with Gasteiger partial charge in [0.2, 0.25) is 0 Å². The van der Waals surface area contributed by atoms with Crippen LogP contribution in [0.4, 0.5) is 10.6 Å². The first-order valence-corrected chi connectivity index (χ1v) is 6.42. The number of rotatable bonds is 2. The molecule has 0 fully saturated rings. The second kappa shape index (κ2) is 4.84. The van der Waals surface area contributed by atoms with Crippen LogP contribution in [0.5, 0.6) is 0 Å². The number of hydrogen-bond donors (Lipinski definition) is 3. The molecule has 1 aliphatic carbocycles. The van der Waals surface area contributed by atoms with Crippen molar-refractivity contribution in [3.63, 3.8) is 0 Å². The van der Waals surface area contributed by atoms with Crippen molar-refractivity contribution in [1.29, 1.82) is 0 Å². The van der Waals surface area contributed by atoms with E-state index in [0.717, 1.165) is 29.6 Å². The van der Waals surface area contributed by atoms with Crippen LogP contribution in [-0.2, 0) is 0 Å². The summed E-state index contributed by atoms with van der Waals surface area (Å²) in [5.74, 6) is 0.452. The predicted octanol–water partition coefficient (Wildman–Crippen LogP) is 1.51. The Bertz CT molecular complexity index is 691. The third kappa shape index (κ3) is 2.18. The Hall–Kier alpha value is -2.57. The lowest BCUT2D eigenvalue weighted by atomic mass is 9.93. The zero-order valence-electron chi connectivity index (χ0n) is 10.8. The van der Waals surface area contributed by atoms with E-state index in [-0.39, 0.29) is 6.04 Å². The molecule has 3 rings (SSSR count). The number of carboxylic acid groups (broad SMARTS) is 1. The maximum atomic E-state index is 10.6. The van der Waals surface area contributed by atoms with Crippen molar-refractivity contribution in [2.24, 2.45) is 0 Å². The highest BCUT2D eigenvalue weighted by atomic mass is 16.4. The van der Waals surface area contributed by atoms with Gasteiger partial charge >= 0.3 is 6.09 Å². The molecule has 0 radical (unpaired) electrons. The Morgan fingerprint density at radius 2 is 2.35 bits per heavy atom. The molecule has 0 aromatic carbocycles. The first kappa shape index (κ1) is 12.5. The molecule has 1 unspecified atom stereocenters. The molecule has 2 heterocycles. The SMILES string of the molecule is Nc1ncnn2c(C3=CCC(NC(=O)O)CC3)ccc12. The largest absolute Gasteiger partial charge is 0.465 e. The Morgan fingerprint density at radius 1 is 1.50 bits per heavy atom. The van der Waals surface area contributed by atoms with Gasteiger partial charge < -0.3 is 16.2 Å². The van der Waals surface area contributed by atoms with Crippen LogP contribution < -0.4 is 11.1 Å². The van der Waals surface area contributed by atoms with Crippen LogP contribution in [0.1, 0.15) is 25.0 Å². The number of aromatic nitrogens is 3. The fraction of sp³-hybridized carbons (Fsp3) is 0.308. The van der Waals surface area contributed by atoms with E-state index >= 15 is 0 Å². The summed E-state index contributed by atoms with van der Waals surface area (Å²) in [4.78, 5) is 14.6. The fourth-order valence-electron chi connectivity index (χ4n) is 2.57. The van der Waals surface area contributed by atoms with Gasteiger partial charge in [-0.3, -0.25) is 0 Å². The molecule has 1 amide bonds. The first-order chi connectivity index (χ1) is 9.65. The molecule has 0 saturated carbocycles. The lowest BCUT2D eigenvalue weighted by Crippen LogP contribution is -2.34. The molecule has 4 N–H and O–H groups in total. The van der Waals surface area contributed by atoms with Gasteiger partial charge in [0.1, 0.15) is 11.8 Å². The summed E-state index contributed by atoms with van der Waals surface area (Å²) >= 11 is 0. The molecule has 1 aliphatic rings. The van der Waals surface area contributed by atoms with E-state index in [4.69, 9.17) is 10.8 Å². The number of nitrogens with two attached hydrogens (primary N) is 1. The minimum Gasteiger partial charge on any atom is -0.465 e. The number of nitrogens with zero attached hydrogens (tertiary/aromatic N) is 3. The van der Waals surface area contributed by atoms with Gasteiger partial charge in [-0.15, -0.1) is 0 Å². The standard InChI is InChI=1S/C13H15N5O2/c14-12-11-6-5-10(18(11)16-7-15-12)8-1-3-9(4-2-8)17-13(19)20/h1,5-7,9,17H,2-4H2,(H,19,20)(H2,14,15,16). The van der Waals surface area contributed by atoms with E-state index in [1.807, 2.05) is 12.1 Å². The molecule has 2 aromatic rings. The summed E-state index contributed by atoms with van der Waals surface area (Å²) < 4.78 is 1.78. The van der Waals surface area contributed by atoms with Crippen molar-refractivity contribution in [3.05, 3.63) is 30.2 Å². The van der Waals surface area contributed by atoms with Crippen LogP contribution in [0.25, 0.3) is 11.1 Å². The van der Waals surface area contributed by atoms with Crippen molar-refractivity contribution < 1.29 is 9.90 Å². The van der Waals surface area contributed by atoms with Crippen LogP contribution in [0.15, 0.2) is 24.5 Å². The smallest absolute Gasteiger partial charge is 0.404 e. The van der Waals surface area contributed by atoms with Crippen LogP contribution in [-0.4, -0.2) is 31.8 Å². The zero-order valence-corrected chi connectivity index (χ0v) is 10.8. The Morgan fingerprint density at radius 3 is 3.05 bits per heavy atom.